The number of aromatic amines is 1. The number of rotatable bonds is 3. The molecule has 0 bridgehead atoms. The Morgan fingerprint density at radius 2 is 2.18 bits per heavy atom. The van der Waals surface area contributed by atoms with Gasteiger partial charge >= 0.3 is 6.18 Å². The Bertz CT molecular complexity index is 840. The molecular weight excluding hydrogens is 295 g/mol. The van der Waals surface area contributed by atoms with Crippen LogP contribution < -0.4 is 0 Å². The highest BCUT2D eigenvalue weighted by Crippen LogP contribution is 2.34. The fourth-order valence-corrected chi connectivity index (χ4v) is 2.20. The molecule has 22 heavy (non-hydrogen) atoms. The van der Waals surface area contributed by atoms with Crippen molar-refractivity contribution < 1.29 is 13.2 Å². The summed E-state index contributed by atoms with van der Waals surface area (Å²) < 4.78 is 39.9. The van der Waals surface area contributed by atoms with Crippen LogP contribution in [0.1, 0.15) is 12.5 Å². The number of terminal acetylenes is 1. The monoisotopic (exact) mass is 305 g/mol. The van der Waals surface area contributed by atoms with Crippen molar-refractivity contribution in [2.75, 3.05) is 0 Å². The van der Waals surface area contributed by atoms with Gasteiger partial charge in [-0.1, -0.05) is 0 Å². The van der Waals surface area contributed by atoms with Crippen LogP contribution in [-0.4, -0.2) is 30.9 Å². The molecule has 3 aromatic rings. The van der Waals surface area contributed by atoms with E-state index < -0.39 is 18.6 Å². The number of aromatic nitrogens is 5. The average Bonchev–Trinajstić information content (AvgIpc) is 3.11. The van der Waals surface area contributed by atoms with Crippen molar-refractivity contribution in [1.29, 1.82) is 0 Å². The highest BCUT2D eigenvalue weighted by atomic mass is 19.4. The first-order valence-electron chi connectivity index (χ1n) is 6.33. The van der Waals surface area contributed by atoms with Crippen LogP contribution in [0.4, 0.5) is 13.2 Å². The second-order valence-corrected chi connectivity index (χ2v) is 4.64. The first-order chi connectivity index (χ1) is 10.5. The van der Waals surface area contributed by atoms with E-state index in [0.29, 0.717) is 22.3 Å². The lowest BCUT2D eigenvalue weighted by Crippen LogP contribution is -2.26. The molecular formula is C14H10F3N5. The van der Waals surface area contributed by atoms with Crippen molar-refractivity contribution in [2.24, 2.45) is 0 Å². The Morgan fingerprint density at radius 1 is 1.36 bits per heavy atom. The molecule has 1 atom stereocenters. The molecule has 5 nitrogen and oxygen atoms in total. The van der Waals surface area contributed by atoms with Gasteiger partial charge < -0.3 is 4.98 Å². The van der Waals surface area contributed by atoms with E-state index in [9.17, 15) is 13.2 Å². The van der Waals surface area contributed by atoms with Gasteiger partial charge in [0.1, 0.15) is 12.0 Å². The van der Waals surface area contributed by atoms with Crippen LogP contribution in [0.25, 0.3) is 22.3 Å². The van der Waals surface area contributed by atoms with Gasteiger partial charge in [-0.15, -0.1) is 12.3 Å². The predicted molar refractivity (Wildman–Crippen MR) is 73.7 cm³/mol. The highest BCUT2D eigenvalue weighted by molar-refractivity contribution is 5.89. The van der Waals surface area contributed by atoms with E-state index >= 15 is 0 Å². The van der Waals surface area contributed by atoms with E-state index in [1.807, 2.05) is 5.92 Å². The predicted octanol–water partition coefficient (Wildman–Crippen LogP) is 2.95. The largest absolute Gasteiger partial charge is 0.411 e. The molecule has 0 spiro atoms. The summed E-state index contributed by atoms with van der Waals surface area (Å²) in [6.07, 6.45) is 5.74. The molecule has 0 aliphatic rings. The maximum Gasteiger partial charge on any atom is 0.411 e. The van der Waals surface area contributed by atoms with Gasteiger partial charge in [-0.05, 0) is 6.07 Å². The van der Waals surface area contributed by atoms with Crippen LogP contribution >= 0.6 is 0 Å². The third kappa shape index (κ3) is 2.41. The number of halogens is 3. The molecule has 1 N–H and O–H groups in total. The number of hydrogen-bond donors (Lipinski definition) is 1. The van der Waals surface area contributed by atoms with Crippen LogP contribution in [0.2, 0.25) is 0 Å². The lowest BCUT2D eigenvalue weighted by Gasteiger charge is -2.18. The number of hydrogen-bond acceptors (Lipinski definition) is 3. The molecule has 0 fully saturated rings. The molecule has 3 rings (SSSR count). The summed E-state index contributed by atoms with van der Waals surface area (Å²) in [6, 6.07) is -0.0974. The molecule has 0 aromatic carbocycles. The zero-order valence-corrected chi connectivity index (χ0v) is 11.2. The maximum atomic E-state index is 13.0. The summed E-state index contributed by atoms with van der Waals surface area (Å²) in [6.45, 7) is 0. The number of fused-ring (bicyclic) bond motifs is 1. The summed E-state index contributed by atoms with van der Waals surface area (Å²) in [4.78, 5) is 11.1. The Morgan fingerprint density at radius 3 is 2.91 bits per heavy atom. The maximum absolute atomic E-state index is 13.0. The van der Waals surface area contributed by atoms with Crippen molar-refractivity contribution in [1.82, 2.24) is 24.7 Å². The third-order valence-corrected chi connectivity index (χ3v) is 3.24. The van der Waals surface area contributed by atoms with E-state index in [1.165, 1.54) is 18.7 Å². The molecule has 1 unspecified atom stereocenters. The lowest BCUT2D eigenvalue weighted by molar-refractivity contribution is -0.168. The zero-order chi connectivity index (χ0) is 15.7. The number of nitrogens with zero attached hydrogens (tertiary/aromatic N) is 4. The van der Waals surface area contributed by atoms with E-state index in [4.69, 9.17) is 6.42 Å². The van der Waals surface area contributed by atoms with Crippen molar-refractivity contribution in [3.05, 3.63) is 31.0 Å². The van der Waals surface area contributed by atoms with Gasteiger partial charge in [0.15, 0.2) is 6.04 Å². The van der Waals surface area contributed by atoms with Gasteiger partial charge in [0, 0.05) is 29.8 Å². The van der Waals surface area contributed by atoms with Gasteiger partial charge in [0.2, 0.25) is 0 Å². The zero-order valence-electron chi connectivity index (χ0n) is 11.2. The van der Waals surface area contributed by atoms with Crippen molar-refractivity contribution in [2.45, 2.75) is 18.6 Å². The molecule has 0 saturated carbocycles. The number of nitrogens with one attached hydrogen (secondary N) is 1. The van der Waals surface area contributed by atoms with Crippen LogP contribution in [-0.2, 0) is 0 Å². The Labute approximate surface area is 123 Å². The molecule has 0 aliphatic carbocycles. The molecule has 0 saturated heterocycles. The van der Waals surface area contributed by atoms with Crippen molar-refractivity contribution in [3.8, 4) is 23.6 Å². The van der Waals surface area contributed by atoms with E-state index in [2.05, 4.69) is 20.1 Å². The summed E-state index contributed by atoms with van der Waals surface area (Å²) in [7, 11) is 0. The molecule has 8 heteroatoms. The van der Waals surface area contributed by atoms with Gasteiger partial charge in [-0.25, -0.2) is 9.97 Å². The number of alkyl halides is 3. The fraction of sp³-hybridized carbons (Fsp3) is 0.214. The second-order valence-electron chi connectivity index (χ2n) is 4.64. The van der Waals surface area contributed by atoms with E-state index in [1.54, 1.807) is 12.3 Å². The quantitative estimate of drug-likeness (QED) is 0.757. The van der Waals surface area contributed by atoms with Crippen LogP contribution in [0.5, 0.6) is 0 Å². The fourth-order valence-electron chi connectivity index (χ4n) is 2.20. The average molecular weight is 305 g/mol. The molecule has 0 radical (unpaired) electrons. The van der Waals surface area contributed by atoms with E-state index in [0.717, 1.165) is 4.68 Å². The van der Waals surface area contributed by atoms with Crippen LogP contribution in [0.3, 0.4) is 0 Å². The van der Waals surface area contributed by atoms with Gasteiger partial charge in [0.05, 0.1) is 11.9 Å². The third-order valence-electron chi connectivity index (χ3n) is 3.24. The van der Waals surface area contributed by atoms with Crippen LogP contribution in [0, 0.1) is 12.3 Å². The normalized spacial score (nSPS) is 13.2. The Balaban J connectivity index is 2.04. The summed E-state index contributed by atoms with van der Waals surface area (Å²) >= 11 is 0. The first-order valence-corrected chi connectivity index (χ1v) is 6.33. The Hall–Kier alpha value is -2.82. The SMILES string of the molecule is C#CCC(n1cc(-c2ncnc3[nH]ccc23)cn1)C(F)(F)F. The lowest BCUT2D eigenvalue weighted by atomic mass is 10.2. The topological polar surface area (TPSA) is 59.4 Å². The van der Waals surface area contributed by atoms with Gasteiger partial charge in [-0.2, -0.15) is 18.3 Å². The minimum atomic E-state index is -4.47. The molecule has 3 heterocycles. The smallest absolute Gasteiger partial charge is 0.346 e. The second kappa shape index (κ2) is 5.18. The van der Waals surface area contributed by atoms with Gasteiger partial charge in [0.25, 0.3) is 0 Å². The number of H-pyrrole nitrogens is 1. The van der Waals surface area contributed by atoms with Crippen molar-refractivity contribution >= 4 is 11.0 Å². The summed E-state index contributed by atoms with van der Waals surface area (Å²) in [5.41, 5.74) is 1.59. The standard InChI is InChI=1S/C14H10F3N5/c1-2-3-11(14(15,16)17)22-7-9(6-21-22)12-10-4-5-18-13(10)20-8-19-12/h1,4-8,11H,3H2,(H,18,19,20). The minimum absolute atomic E-state index is 0.471. The van der Waals surface area contributed by atoms with E-state index in [-0.39, 0.29) is 0 Å². The van der Waals surface area contributed by atoms with Crippen LogP contribution in [0.15, 0.2) is 31.0 Å². The minimum Gasteiger partial charge on any atom is -0.346 e. The van der Waals surface area contributed by atoms with Gasteiger partial charge in [-0.3, -0.25) is 4.68 Å². The summed E-state index contributed by atoms with van der Waals surface area (Å²) in [5.74, 6) is 2.04. The molecule has 112 valence electrons. The first kappa shape index (κ1) is 14.1. The highest BCUT2D eigenvalue weighted by Gasteiger charge is 2.41. The summed E-state index contributed by atoms with van der Waals surface area (Å²) in [5, 5.41) is 4.51. The Kier molecular flexibility index (Phi) is 3.33. The molecule has 0 aliphatic heterocycles. The molecule has 0 amide bonds. The molecule has 3 aromatic heterocycles. The van der Waals surface area contributed by atoms with Crippen molar-refractivity contribution in [3.63, 3.8) is 0 Å².